The predicted octanol–water partition coefficient (Wildman–Crippen LogP) is 1.46. The van der Waals surface area contributed by atoms with Crippen molar-refractivity contribution < 1.29 is 14.3 Å². The highest BCUT2D eigenvalue weighted by Crippen LogP contribution is 2.24. The van der Waals surface area contributed by atoms with E-state index in [0.29, 0.717) is 23.5 Å². The molecule has 98 valence electrons. The maximum Gasteiger partial charge on any atom is 0.349 e. The normalized spacial score (nSPS) is 20.1. The van der Waals surface area contributed by atoms with Crippen molar-refractivity contribution in [2.45, 2.75) is 32.3 Å². The van der Waals surface area contributed by atoms with E-state index in [1.807, 2.05) is 6.92 Å². The van der Waals surface area contributed by atoms with Crippen LogP contribution in [0.25, 0.3) is 0 Å². The summed E-state index contributed by atoms with van der Waals surface area (Å²) >= 11 is 1.29. The Labute approximate surface area is 109 Å². The number of amides is 1. The van der Waals surface area contributed by atoms with Gasteiger partial charge in [0.15, 0.2) is 6.10 Å². The number of aryl methyl sites for hydroxylation is 1. The molecule has 0 aliphatic carbocycles. The Kier molecular flexibility index (Phi) is 3.86. The third-order valence-corrected chi connectivity index (χ3v) is 3.94. The number of hydrogen-bond acceptors (Lipinski definition) is 5. The fraction of sp³-hybridized carbons (Fsp3) is 0.500. The molecule has 1 amide bonds. The summed E-state index contributed by atoms with van der Waals surface area (Å²) in [6, 6.07) is 1.59. The molecule has 1 fully saturated rings. The van der Waals surface area contributed by atoms with Crippen LogP contribution in [0.1, 0.15) is 33.8 Å². The first-order valence-electron chi connectivity index (χ1n) is 5.92. The van der Waals surface area contributed by atoms with E-state index >= 15 is 0 Å². The molecule has 0 saturated carbocycles. The van der Waals surface area contributed by atoms with Crippen LogP contribution in [0.2, 0.25) is 0 Å². The highest BCUT2D eigenvalue weighted by atomic mass is 32.1. The van der Waals surface area contributed by atoms with Gasteiger partial charge in [-0.3, -0.25) is 4.79 Å². The number of nitrogen functional groups attached to an aromatic ring is 1. The van der Waals surface area contributed by atoms with Gasteiger partial charge in [0.2, 0.25) is 0 Å². The number of nitrogens with two attached hydrogens (primary N) is 1. The van der Waals surface area contributed by atoms with Crippen molar-refractivity contribution in [1.29, 1.82) is 0 Å². The van der Waals surface area contributed by atoms with Gasteiger partial charge in [-0.15, -0.1) is 11.3 Å². The number of thiophene rings is 1. The smallest absolute Gasteiger partial charge is 0.349 e. The first-order valence-corrected chi connectivity index (χ1v) is 6.74. The summed E-state index contributed by atoms with van der Waals surface area (Å²) in [6.07, 6.45) is 1.70. The minimum atomic E-state index is -0.677. The highest BCUT2D eigenvalue weighted by Gasteiger charge is 2.25. The first-order chi connectivity index (χ1) is 8.58. The van der Waals surface area contributed by atoms with Crippen LogP contribution in [0.3, 0.4) is 0 Å². The monoisotopic (exact) mass is 268 g/mol. The largest absolute Gasteiger partial charge is 0.448 e. The van der Waals surface area contributed by atoms with Crippen LogP contribution >= 0.6 is 11.3 Å². The van der Waals surface area contributed by atoms with Crippen molar-refractivity contribution in [3.05, 3.63) is 15.8 Å². The van der Waals surface area contributed by atoms with Gasteiger partial charge in [-0.05, 0) is 32.3 Å². The summed E-state index contributed by atoms with van der Waals surface area (Å²) < 4.78 is 5.24. The summed E-state index contributed by atoms with van der Waals surface area (Å²) in [5, 5.41) is 2.73. The van der Waals surface area contributed by atoms with Gasteiger partial charge >= 0.3 is 5.97 Å². The van der Waals surface area contributed by atoms with Crippen molar-refractivity contribution in [1.82, 2.24) is 5.32 Å². The maximum atomic E-state index is 11.9. The molecule has 1 atom stereocenters. The third kappa shape index (κ3) is 2.81. The number of esters is 1. The zero-order valence-electron chi connectivity index (χ0n) is 10.2. The average molecular weight is 268 g/mol. The molecule has 1 saturated heterocycles. The lowest BCUT2D eigenvalue weighted by Gasteiger charge is -2.13. The Hall–Kier alpha value is -1.56. The van der Waals surface area contributed by atoms with E-state index in [1.165, 1.54) is 11.3 Å². The Morgan fingerprint density at radius 1 is 1.56 bits per heavy atom. The summed E-state index contributed by atoms with van der Waals surface area (Å²) in [4.78, 5) is 24.9. The zero-order valence-corrected chi connectivity index (χ0v) is 11.0. The number of ether oxygens (including phenoxy) is 1. The van der Waals surface area contributed by atoms with Gasteiger partial charge < -0.3 is 15.8 Å². The van der Waals surface area contributed by atoms with Crippen LogP contribution in [0.4, 0.5) is 5.69 Å². The van der Waals surface area contributed by atoms with Gasteiger partial charge in [0.1, 0.15) is 4.88 Å². The van der Waals surface area contributed by atoms with Crippen molar-refractivity contribution in [3.63, 3.8) is 0 Å². The second-order valence-electron chi connectivity index (χ2n) is 4.30. The molecule has 5 nitrogen and oxygen atoms in total. The molecule has 1 unspecified atom stereocenters. The second kappa shape index (κ2) is 5.39. The lowest BCUT2D eigenvalue weighted by atomic mass is 10.2. The molecule has 3 N–H and O–H groups in total. The average Bonchev–Trinajstić information content (AvgIpc) is 2.54. The molecule has 0 radical (unpaired) electrons. The topological polar surface area (TPSA) is 81.4 Å². The van der Waals surface area contributed by atoms with E-state index in [9.17, 15) is 9.59 Å². The van der Waals surface area contributed by atoms with Crippen molar-refractivity contribution in [3.8, 4) is 0 Å². The number of rotatable bonds is 2. The number of anilines is 1. The second-order valence-corrected chi connectivity index (χ2v) is 5.56. The minimum Gasteiger partial charge on any atom is -0.448 e. The highest BCUT2D eigenvalue weighted by molar-refractivity contribution is 7.14. The molecule has 18 heavy (non-hydrogen) atoms. The van der Waals surface area contributed by atoms with Crippen LogP contribution in [0.5, 0.6) is 0 Å². The fourth-order valence-corrected chi connectivity index (χ4v) is 2.63. The van der Waals surface area contributed by atoms with Crippen molar-refractivity contribution in [2.24, 2.45) is 0 Å². The molecular formula is C12H16N2O3S. The van der Waals surface area contributed by atoms with Crippen LogP contribution in [-0.2, 0) is 9.53 Å². The predicted molar refractivity (Wildman–Crippen MR) is 69.5 cm³/mol. The molecule has 6 heteroatoms. The molecule has 0 aromatic carbocycles. The van der Waals surface area contributed by atoms with E-state index < -0.39 is 12.1 Å². The number of carbonyl (C=O) groups is 2. The van der Waals surface area contributed by atoms with Crippen LogP contribution < -0.4 is 11.1 Å². The Morgan fingerprint density at radius 2 is 2.33 bits per heavy atom. The third-order valence-electron chi connectivity index (χ3n) is 2.89. The lowest BCUT2D eigenvalue weighted by Crippen LogP contribution is -2.35. The first kappa shape index (κ1) is 12.9. The van der Waals surface area contributed by atoms with Crippen molar-refractivity contribution >= 4 is 28.9 Å². The van der Waals surface area contributed by atoms with Gasteiger partial charge in [-0.2, -0.15) is 0 Å². The van der Waals surface area contributed by atoms with E-state index in [2.05, 4.69) is 5.32 Å². The summed E-state index contributed by atoms with van der Waals surface area (Å²) in [5.41, 5.74) is 6.27. The molecule has 0 bridgehead atoms. The molecule has 1 aliphatic heterocycles. The van der Waals surface area contributed by atoms with Crippen LogP contribution in [0.15, 0.2) is 6.07 Å². The van der Waals surface area contributed by atoms with Crippen molar-refractivity contribution in [2.75, 3.05) is 12.3 Å². The minimum absolute atomic E-state index is 0.206. The molecule has 2 heterocycles. The zero-order chi connectivity index (χ0) is 13.1. The van der Waals surface area contributed by atoms with E-state index in [-0.39, 0.29) is 5.91 Å². The molecule has 1 aromatic heterocycles. The Balaban J connectivity index is 2.03. The van der Waals surface area contributed by atoms with E-state index in [4.69, 9.17) is 10.5 Å². The van der Waals surface area contributed by atoms with Gasteiger partial charge in [-0.25, -0.2) is 4.79 Å². The molecule has 0 spiro atoms. The number of hydrogen-bond donors (Lipinski definition) is 2. The summed E-state index contributed by atoms with van der Waals surface area (Å²) in [7, 11) is 0. The lowest BCUT2D eigenvalue weighted by molar-refractivity contribution is -0.129. The Morgan fingerprint density at radius 3 is 3.00 bits per heavy atom. The fourth-order valence-electron chi connectivity index (χ4n) is 1.81. The standard InChI is InChI=1S/C12H16N2O3S/c1-7-8(13)6-10(18-7)12(16)17-9-4-2-3-5-14-11(9)15/h6,9H,2-5,13H2,1H3,(H,14,15). The van der Waals surface area contributed by atoms with E-state index in [0.717, 1.165) is 17.7 Å². The SMILES string of the molecule is Cc1sc(C(=O)OC2CCCCNC2=O)cc1N. The molecule has 1 aromatic rings. The van der Waals surface area contributed by atoms with Gasteiger partial charge in [0.25, 0.3) is 5.91 Å². The summed E-state index contributed by atoms with van der Waals surface area (Å²) in [6.45, 7) is 2.49. The quantitative estimate of drug-likeness (QED) is 0.796. The van der Waals surface area contributed by atoms with E-state index in [1.54, 1.807) is 6.07 Å². The summed E-state index contributed by atoms with van der Waals surface area (Å²) in [5.74, 6) is -0.677. The van der Waals surface area contributed by atoms with Crippen LogP contribution in [-0.4, -0.2) is 24.5 Å². The van der Waals surface area contributed by atoms with Crippen LogP contribution in [0, 0.1) is 6.92 Å². The maximum absolute atomic E-state index is 11.9. The molecular weight excluding hydrogens is 252 g/mol. The number of carbonyl (C=O) groups excluding carboxylic acids is 2. The number of nitrogens with one attached hydrogen (secondary N) is 1. The Bertz CT molecular complexity index is 450. The van der Waals surface area contributed by atoms with Gasteiger partial charge in [0, 0.05) is 17.1 Å². The molecule has 1 aliphatic rings. The van der Waals surface area contributed by atoms with Gasteiger partial charge in [-0.1, -0.05) is 0 Å². The molecule has 2 rings (SSSR count). The van der Waals surface area contributed by atoms with Gasteiger partial charge in [0.05, 0.1) is 0 Å².